The van der Waals surface area contributed by atoms with Gasteiger partial charge in [-0.2, -0.15) is 0 Å². The summed E-state index contributed by atoms with van der Waals surface area (Å²) in [5, 5.41) is 11.4. The van der Waals surface area contributed by atoms with Gasteiger partial charge in [0.15, 0.2) is 0 Å². The number of benzene rings is 2. The van der Waals surface area contributed by atoms with Gasteiger partial charge in [0.2, 0.25) is 0 Å². The smallest absolute Gasteiger partial charge is 0.295 e. The van der Waals surface area contributed by atoms with E-state index in [9.17, 15) is 14.7 Å². The molecule has 2 aromatic carbocycles. The average molecular weight is 480 g/mol. The van der Waals surface area contributed by atoms with Gasteiger partial charge in [-0.1, -0.05) is 39.3 Å². The maximum atomic E-state index is 13.3. The van der Waals surface area contributed by atoms with Crippen LogP contribution in [-0.4, -0.2) is 41.0 Å². The number of Topliss-reactive ketones (excluding diaryl/α,β-unsaturated/α-hetero) is 1. The zero-order valence-electron chi connectivity index (χ0n) is 21.6. The summed E-state index contributed by atoms with van der Waals surface area (Å²) >= 11 is 0. The molecule has 0 aliphatic carbocycles. The van der Waals surface area contributed by atoms with Crippen molar-refractivity contribution in [2.24, 2.45) is 0 Å². The third-order valence-electron chi connectivity index (χ3n) is 6.04. The van der Waals surface area contributed by atoms with Crippen LogP contribution in [0.3, 0.4) is 0 Å². The molecule has 1 aliphatic rings. The number of likely N-dealkylation sites (tertiary alicyclic amines) is 1. The van der Waals surface area contributed by atoms with E-state index < -0.39 is 17.7 Å². The molecule has 1 unspecified atom stereocenters. The van der Waals surface area contributed by atoms with Gasteiger partial charge in [0.1, 0.15) is 17.3 Å². The zero-order chi connectivity index (χ0) is 25.7. The van der Waals surface area contributed by atoms with Crippen molar-refractivity contribution in [1.82, 2.24) is 4.90 Å². The van der Waals surface area contributed by atoms with Gasteiger partial charge in [-0.25, -0.2) is 0 Å². The largest absolute Gasteiger partial charge is 0.507 e. The summed E-state index contributed by atoms with van der Waals surface area (Å²) in [5.74, 6) is 0.123. The highest BCUT2D eigenvalue weighted by Gasteiger charge is 2.45. The molecule has 1 aliphatic heterocycles. The summed E-state index contributed by atoms with van der Waals surface area (Å²) < 4.78 is 11.6. The fourth-order valence-electron chi connectivity index (χ4n) is 4.41. The lowest BCUT2D eigenvalue weighted by atomic mass is 9.93. The van der Waals surface area contributed by atoms with E-state index in [4.69, 9.17) is 9.47 Å². The molecule has 0 bridgehead atoms. The van der Waals surface area contributed by atoms with Crippen molar-refractivity contribution in [2.75, 3.05) is 13.2 Å². The SMILES string of the molecule is CCCCN1C(=O)C(=O)/C(=C(/O)c2ccc(OCC)c(C(C)C)c2)C1c1cccc(OC(C)C)c1. The van der Waals surface area contributed by atoms with Crippen molar-refractivity contribution in [3.63, 3.8) is 0 Å². The van der Waals surface area contributed by atoms with Gasteiger partial charge in [-0.3, -0.25) is 9.59 Å². The number of unbranched alkanes of at least 4 members (excludes halogenated alkanes) is 1. The first-order valence-corrected chi connectivity index (χ1v) is 12.5. The molecule has 1 saturated heterocycles. The Labute approximate surface area is 208 Å². The monoisotopic (exact) mass is 479 g/mol. The highest BCUT2D eigenvalue weighted by atomic mass is 16.5. The van der Waals surface area contributed by atoms with Crippen LogP contribution in [0, 0.1) is 0 Å². The van der Waals surface area contributed by atoms with E-state index in [-0.39, 0.29) is 23.4 Å². The molecule has 1 fully saturated rings. The van der Waals surface area contributed by atoms with Gasteiger partial charge < -0.3 is 19.5 Å². The Kier molecular flexibility index (Phi) is 8.60. The highest BCUT2D eigenvalue weighted by molar-refractivity contribution is 6.46. The fourth-order valence-corrected chi connectivity index (χ4v) is 4.41. The van der Waals surface area contributed by atoms with Crippen molar-refractivity contribution in [3.05, 3.63) is 64.7 Å². The van der Waals surface area contributed by atoms with E-state index in [2.05, 4.69) is 0 Å². The quantitative estimate of drug-likeness (QED) is 0.249. The standard InChI is InChI=1S/C29H37NO5/c1-7-9-15-30-26(20-11-10-12-22(16-20)35-19(5)6)25(28(32)29(30)33)27(31)21-13-14-24(34-8-2)23(17-21)18(3)4/h10-14,16-19,26,31H,7-9,15H2,1-6H3/b27-25+. The van der Waals surface area contributed by atoms with E-state index in [1.54, 1.807) is 11.0 Å². The Morgan fingerprint density at radius 1 is 1.06 bits per heavy atom. The molecule has 0 aromatic heterocycles. The van der Waals surface area contributed by atoms with Gasteiger partial charge in [0, 0.05) is 12.1 Å². The van der Waals surface area contributed by atoms with Gasteiger partial charge in [-0.15, -0.1) is 0 Å². The molecule has 1 heterocycles. The number of rotatable bonds is 10. The molecule has 3 rings (SSSR count). The number of aliphatic hydroxyl groups is 1. The van der Waals surface area contributed by atoms with Crippen LogP contribution in [0.25, 0.3) is 5.76 Å². The second kappa shape index (κ2) is 11.4. The van der Waals surface area contributed by atoms with Crippen molar-refractivity contribution in [1.29, 1.82) is 0 Å². The molecule has 2 aromatic rings. The summed E-state index contributed by atoms with van der Waals surface area (Å²) in [4.78, 5) is 27.9. The van der Waals surface area contributed by atoms with Crippen molar-refractivity contribution in [2.45, 2.75) is 72.4 Å². The maximum Gasteiger partial charge on any atom is 0.295 e. The van der Waals surface area contributed by atoms with Gasteiger partial charge in [0.25, 0.3) is 11.7 Å². The molecule has 1 atom stereocenters. The predicted molar refractivity (Wildman–Crippen MR) is 138 cm³/mol. The number of ether oxygens (including phenoxy) is 2. The number of hydrogen-bond donors (Lipinski definition) is 1. The normalized spacial score (nSPS) is 17.5. The molecular weight excluding hydrogens is 442 g/mol. The topological polar surface area (TPSA) is 76.1 Å². The lowest BCUT2D eigenvalue weighted by Gasteiger charge is -2.26. The summed E-state index contributed by atoms with van der Waals surface area (Å²) in [7, 11) is 0. The molecule has 0 radical (unpaired) electrons. The van der Waals surface area contributed by atoms with Crippen LogP contribution in [0.5, 0.6) is 11.5 Å². The Hall–Kier alpha value is -3.28. The minimum Gasteiger partial charge on any atom is -0.507 e. The minimum absolute atomic E-state index is 0.0185. The number of nitrogens with zero attached hydrogens (tertiary/aromatic N) is 1. The Balaban J connectivity index is 2.17. The highest BCUT2D eigenvalue weighted by Crippen LogP contribution is 2.41. The van der Waals surface area contributed by atoms with Crippen LogP contribution in [0.15, 0.2) is 48.0 Å². The van der Waals surface area contributed by atoms with E-state index in [1.165, 1.54) is 0 Å². The van der Waals surface area contributed by atoms with Crippen LogP contribution >= 0.6 is 0 Å². The number of amides is 1. The van der Waals surface area contributed by atoms with Crippen molar-refractivity contribution in [3.8, 4) is 11.5 Å². The van der Waals surface area contributed by atoms with E-state index >= 15 is 0 Å². The molecule has 6 heteroatoms. The fraction of sp³-hybridized carbons (Fsp3) is 0.448. The summed E-state index contributed by atoms with van der Waals surface area (Å²) in [6.07, 6.45) is 1.62. The summed E-state index contributed by atoms with van der Waals surface area (Å²) in [6.45, 7) is 12.9. The molecule has 188 valence electrons. The van der Waals surface area contributed by atoms with Crippen LogP contribution in [-0.2, 0) is 9.59 Å². The van der Waals surface area contributed by atoms with Crippen LogP contribution in [0.4, 0.5) is 0 Å². The van der Waals surface area contributed by atoms with Gasteiger partial charge >= 0.3 is 0 Å². The average Bonchev–Trinajstić information content (AvgIpc) is 3.07. The number of hydrogen-bond acceptors (Lipinski definition) is 5. The molecule has 1 N–H and O–H groups in total. The zero-order valence-corrected chi connectivity index (χ0v) is 21.6. The predicted octanol–water partition coefficient (Wildman–Crippen LogP) is 6.22. The third kappa shape index (κ3) is 5.69. The molecule has 1 amide bonds. The number of aliphatic hydroxyl groups excluding tert-OH is 1. The second-order valence-corrected chi connectivity index (χ2v) is 9.43. The van der Waals surface area contributed by atoms with Crippen LogP contribution in [0.1, 0.15) is 83.0 Å². The lowest BCUT2D eigenvalue weighted by molar-refractivity contribution is -0.139. The summed E-state index contributed by atoms with van der Waals surface area (Å²) in [5.41, 5.74) is 2.26. The molecular formula is C29H37NO5. The first-order valence-electron chi connectivity index (χ1n) is 12.5. The third-order valence-corrected chi connectivity index (χ3v) is 6.04. The van der Waals surface area contributed by atoms with Gasteiger partial charge in [0.05, 0.1) is 24.3 Å². The molecule has 0 saturated carbocycles. The van der Waals surface area contributed by atoms with E-state index in [1.807, 2.05) is 77.9 Å². The van der Waals surface area contributed by atoms with Crippen molar-refractivity contribution < 1.29 is 24.2 Å². The Bertz CT molecular complexity index is 1100. The molecule has 6 nitrogen and oxygen atoms in total. The number of carbonyl (C=O) groups excluding carboxylic acids is 2. The van der Waals surface area contributed by atoms with E-state index in [0.717, 1.165) is 29.7 Å². The molecule has 35 heavy (non-hydrogen) atoms. The number of carbonyl (C=O) groups is 2. The molecule has 0 spiro atoms. The van der Waals surface area contributed by atoms with E-state index in [0.29, 0.717) is 24.5 Å². The van der Waals surface area contributed by atoms with Crippen LogP contribution in [0.2, 0.25) is 0 Å². The first-order chi connectivity index (χ1) is 16.7. The van der Waals surface area contributed by atoms with Crippen LogP contribution < -0.4 is 9.47 Å². The first kappa shape index (κ1) is 26.3. The maximum absolute atomic E-state index is 13.3. The Morgan fingerprint density at radius 3 is 2.43 bits per heavy atom. The second-order valence-electron chi connectivity index (χ2n) is 9.43. The van der Waals surface area contributed by atoms with Gasteiger partial charge in [-0.05, 0) is 74.6 Å². The Morgan fingerprint density at radius 2 is 1.80 bits per heavy atom. The lowest BCUT2D eigenvalue weighted by Crippen LogP contribution is -2.30. The summed E-state index contributed by atoms with van der Waals surface area (Å²) in [6, 6.07) is 12.1. The van der Waals surface area contributed by atoms with Crippen molar-refractivity contribution >= 4 is 17.4 Å². The number of ketones is 1. The minimum atomic E-state index is -0.689.